The van der Waals surface area contributed by atoms with Gasteiger partial charge in [-0.15, -0.1) is 0 Å². The first-order chi connectivity index (χ1) is 7.70. The summed E-state index contributed by atoms with van der Waals surface area (Å²) in [6.07, 6.45) is 2.92. The molecule has 0 N–H and O–H groups in total. The van der Waals surface area contributed by atoms with Gasteiger partial charge in [0, 0.05) is 6.92 Å². The SMILES string of the molecule is COc1ccc2c(c1)C(OC(C)=O)CCC2. The van der Waals surface area contributed by atoms with E-state index in [0.717, 1.165) is 30.6 Å². The summed E-state index contributed by atoms with van der Waals surface area (Å²) in [6, 6.07) is 5.99. The highest BCUT2D eigenvalue weighted by Gasteiger charge is 2.22. The zero-order valence-corrected chi connectivity index (χ0v) is 9.66. The maximum Gasteiger partial charge on any atom is 0.303 e. The number of aryl methyl sites for hydroxylation is 1. The second-order valence-corrected chi connectivity index (χ2v) is 4.06. The fourth-order valence-corrected chi connectivity index (χ4v) is 2.18. The Morgan fingerprint density at radius 1 is 1.44 bits per heavy atom. The molecular formula is C13H16O3. The monoisotopic (exact) mass is 220 g/mol. The van der Waals surface area contributed by atoms with E-state index in [0.29, 0.717) is 0 Å². The highest BCUT2D eigenvalue weighted by atomic mass is 16.5. The van der Waals surface area contributed by atoms with Gasteiger partial charge < -0.3 is 9.47 Å². The fourth-order valence-electron chi connectivity index (χ4n) is 2.18. The van der Waals surface area contributed by atoms with Crippen molar-refractivity contribution in [2.45, 2.75) is 32.3 Å². The maximum atomic E-state index is 11.0. The van der Waals surface area contributed by atoms with E-state index in [-0.39, 0.29) is 12.1 Å². The Labute approximate surface area is 95.4 Å². The highest BCUT2D eigenvalue weighted by Crippen LogP contribution is 2.34. The topological polar surface area (TPSA) is 35.5 Å². The van der Waals surface area contributed by atoms with Crippen LogP contribution in [0.25, 0.3) is 0 Å². The summed E-state index contributed by atoms with van der Waals surface area (Å²) in [7, 11) is 1.64. The quantitative estimate of drug-likeness (QED) is 0.719. The van der Waals surface area contributed by atoms with Crippen LogP contribution in [-0.2, 0) is 16.0 Å². The van der Waals surface area contributed by atoms with Crippen molar-refractivity contribution in [2.75, 3.05) is 7.11 Å². The molecule has 0 saturated carbocycles. The third kappa shape index (κ3) is 2.18. The van der Waals surface area contributed by atoms with Gasteiger partial charge in [0.2, 0.25) is 0 Å². The van der Waals surface area contributed by atoms with Crippen molar-refractivity contribution in [1.82, 2.24) is 0 Å². The predicted octanol–water partition coefficient (Wildman–Crippen LogP) is 2.64. The highest BCUT2D eigenvalue weighted by molar-refractivity contribution is 5.66. The molecule has 3 heteroatoms. The van der Waals surface area contributed by atoms with Crippen LogP contribution in [0, 0.1) is 0 Å². The summed E-state index contributed by atoms with van der Waals surface area (Å²) < 4.78 is 10.5. The first-order valence-electron chi connectivity index (χ1n) is 5.54. The molecule has 0 aromatic heterocycles. The molecule has 0 saturated heterocycles. The Bertz CT molecular complexity index is 398. The first kappa shape index (κ1) is 11.0. The number of hydrogen-bond donors (Lipinski definition) is 0. The van der Waals surface area contributed by atoms with E-state index >= 15 is 0 Å². The lowest BCUT2D eigenvalue weighted by atomic mass is 9.89. The van der Waals surface area contributed by atoms with Gasteiger partial charge in [0.05, 0.1) is 7.11 Å². The van der Waals surface area contributed by atoms with E-state index in [1.165, 1.54) is 12.5 Å². The molecule has 1 aliphatic rings. The first-order valence-corrected chi connectivity index (χ1v) is 5.54. The van der Waals surface area contributed by atoms with Crippen molar-refractivity contribution in [2.24, 2.45) is 0 Å². The molecule has 1 aromatic carbocycles. The van der Waals surface area contributed by atoms with Crippen LogP contribution in [-0.4, -0.2) is 13.1 Å². The van der Waals surface area contributed by atoms with E-state index < -0.39 is 0 Å². The van der Waals surface area contributed by atoms with Gasteiger partial charge in [-0.2, -0.15) is 0 Å². The van der Waals surface area contributed by atoms with Crippen LogP contribution < -0.4 is 4.74 Å². The van der Waals surface area contributed by atoms with Crippen molar-refractivity contribution in [3.8, 4) is 5.75 Å². The summed E-state index contributed by atoms with van der Waals surface area (Å²) >= 11 is 0. The maximum absolute atomic E-state index is 11.0. The molecule has 0 aliphatic heterocycles. The van der Waals surface area contributed by atoms with Gasteiger partial charge in [-0.1, -0.05) is 6.07 Å². The van der Waals surface area contributed by atoms with E-state index in [1.54, 1.807) is 7.11 Å². The van der Waals surface area contributed by atoms with Gasteiger partial charge in [-0.3, -0.25) is 4.79 Å². The van der Waals surface area contributed by atoms with Crippen molar-refractivity contribution in [3.05, 3.63) is 29.3 Å². The number of ether oxygens (including phenoxy) is 2. The number of hydrogen-bond acceptors (Lipinski definition) is 3. The van der Waals surface area contributed by atoms with E-state index in [2.05, 4.69) is 6.07 Å². The summed E-state index contributed by atoms with van der Waals surface area (Å²) in [4.78, 5) is 11.0. The van der Waals surface area contributed by atoms with E-state index in [1.807, 2.05) is 12.1 Å². The number of benzene rings is 1. The summed E-state index contributed by atoms with van der Waals surface area (Å²) in [5.41, 5.74) is 2.36. The normalized spacial score (nSPS) is 18.8. The van der Waals surface area contributed by atoms with Crippen LogP contribution in [0.5, 0.6) is 5.75 Å². The molecule has 1 aromatic rings. The predicted molar refractivity (Wildman–Crippen MR) is 60.4 cm³/mol. The summed E-state index contributed by atoms with van der Waals surface area (Å²) in [6.45, 7) is 1.45. The average molecular weight is 220 g/mol. The van der Waals surface area contributed by atoms with E-state index in [4.69, 9.17) is 9.47 Å². The van der Waals surface area contributed by atoms with Gasteiger partial charge in [0.15, 0.2) is 0 Å². The van der Waals surface area contributed by atoms with E-state index in [9.17, 15) is 4.79 Å². The molecule has 2 rings (SSSR count). The van der Waals surface area contributed by atoms with Crippen LogP contribution in [0.2, 0.25) is 0 Å². The van der Waals surface area contributed by atoms with Crippen molar-refractivity contribution in [1.29, 1.82) is 0 Å². The van der Waals surface area contributed by atoms with Gasteiger partial charge in [-0.25, -0.2) is 0 Å². The Hall–Kier alpha value is -1.51. The van der Waals surface area contributed by atoms with Crippen LogP contribution in [0.1, 0.15) is 37.0 Å². The Balaban J connectivity index is 2.31. The second-order valence-electron chi connectivity index (χ2n) is 4.06. The lowest BCUT2D eigenvalue weighted by molar-refractivity contribution is -0.147. The Kier molecular flexibility index (Phi) is 3.13. The van der Waals surface area contributed by atoms with Crippen LogP contribution in [0.4, 0.5) is 0 Å². The molecule has 16 heavy (non-hydrogen) atoms. The van der Waals surface area contributed by atoms with Crippen molar-refractivity contribution < 1.29 is 14.3 Å². The minimum atomic E-state index is -0.222. The third-order valence-corrected chi connectivity index (χ3v) is 2.92. The number of rotatable bonds is 2. The van der Waals surface area contributed by atoms with Crippen LogP contribution >= 0.6 is 0 Å². The van der Waals surface area contributed by atoms with Gasteiger partial charge in [0.1, 0.15) is 11.9 Å². The number of carbonyl (C=O) groups excluding carboxylic acids is 1. The Morgan fingerprint density at radius 3 is 2.94 bits per heavy atom. The molecule has 86 valence electrons. The Morgan fingerprint density at radius 2 is 2.25 bits per heavy atom. The molecule has 0 amide bonds. The van der Waals surface area contributed by atoms with Gasteiger partial charge >= 0.3 is 5.97 Å². The molecular weight excluding hydrogens is 204 g/mol. The standard InChI is InChI=1S/C13H16O3/c1-9(14)16-13-5-3-4-10-6-7-11(15-2)8-12(10)13/h6-8,13H,3-5H2,1-2H3. The lowest BCUT2D eigenvalue weighted by Crippen LogP contribution is -2.15. The zero-order chi connectivity index (χ0) is 11.5. The molecule has 1 atom stereocenters. The molecule has 0 fully saturated rings. The van der Waals surface area contributed by atoms with Gasteiger partial charge in [0.25, 0.3) is 0 Å². The molecule has 0 heterocycles. The number of methoxy groups -OCH3 is 1. The van der Waals surface area contributed by atoms with Gasteiger partial charge in [-0.05, 0) is 42.5 Å². The molecule has 0 bridgehead atoms. The number of carbonyl (C=O) groups is 1. The largest absolute Gasteiger partial charge is 0.497 e. The molecule has 0 spiro atoms. The molecule has 0 radical (unpaired) electrons. The summed E-state index contributed by atoms with van der Waals surface area (Å²) in [5, 5.41) is 0. The summed E-state index contributed by atoms with van der Waals surface area (Å²) in [5.74, 6) is 0.596. The number of esters is 1. The number of fused-ring (bicyclic) bond motifs is 1. The zero-order valence-electron chi connectivity index (χ0n) is 9.66. The molecule has 1 unspecified atom stereocenters. The van der Waals surface area contributed by atoms with Crippen molar-refractivity contribution >= 4 is 5.97 Å². The minimum absolute atomic E-state index is 0.101. The lowest BCUT2D eigenvalue weighted by Gasteiger charge is -2.25. The van der Waals surface area contributed by atoms with Crippen LogP contribution in [0.3, 0.4) is 0 Å². The second kappa shape index (κ2) is 4.56. The smallest absolute Gasteiger partial charge is 0.303 e. The fraction of sp³-hybridized carbons (Fsp3) is 0.462. The average Bonchev–Trinajstić information content (AvgIpc) is 2.28. The third-order valence-electron chi connectivity index (χ3n) is 2.92. The molecule has 1 aliphatic carbocycles. The molecule has 3 nitrogen and oxygen atoms in total. The minimum Gasteiger partial charge on any atom is -0.497 e. The van der Waals surface area contributed by atoms with Crippen molar-refractivity contribution in [3.63, 3.8) is 0 Å². The van der Waals surface area contributed by atoms with Crippen LogP contribution in [0.15, 0.2) is 18.2 Å².